The Labute approximate surface area is 93.3 Å². The molecular formula is C13H23NO. The van der Waals surface area contributed by atoms with Gasteiger partial charge in [0.25, 0.3) is 0 Å². The number of rotatable bonds is 3. The second-order valence-electron chi connectivity index (χ2n) is 5.80. The molecule has 1 atom stereocenters. The van der Waals surface area contributed by atoms with Gasteiger partial charge in [-0.15, -0.1) is 6.58 Å². The SMILES string of the molecule is C=CCCC1(C)CC(=O)CN1C(C)(C)C. The van der Waals surface area contributed by atoms with Crippen molar-refractivity contribution in [3.05, 3.63) is 12.7 Å². The fourth-order valence-corrected chi connectivity index (χ4v) is 2.63. The summed E-state index contributed by atoms with van der Waals surface area (Å²) in [6, 6.07) is 0. The highest BCUT2D eigenvalue weighted by Gasteiger charge is 2.45. The zero-order valence-corrected chi connectivity index (χ0v) is 10.5. The molecule has 1 heterocycles. The predicted molar refractivity (Wildman–Crippen MR) is 63.9 cm³/mol. The molecule has 1 saturated heterocycles. The average molecular weight is 209 g/mol. The number of hydrogen-bond donors (Lipinski definition) is 0. The summed E-state index contributed by atoms with van der Waals surface area (Å²) >= 11 is 0. The van der Waals surface area contributed by atoms with Gasteiger partial charge in [-0.3, -0.25) is 9.69 Å². The predicted octanol–water partition coefficient (Wildman–Crippen LogP) is 2.78. The molecular weight excluding hydrogens is 186 g/mol. The second kappa shape index (κ2) is 4.09. The third-order valence-electron chi connectivity index (χ3n) is 3.26. The van der Waals surface area contributed by atoms with E-state index in [1.54, 1.807) is 0 Å². The van der Waals surface area contributed by atoms with Crippen LogP contribution in [-0.2, 0) is 4.79 Å². The smallest absolute Gasteiger partial charge is 0.148 e. The molecule has 0 saturated carbocycles. The van der Waals surface area contributed by atoms with Gasteiger partial charge in [0.05, 0.1) is 6.54 Å². The Hall–Kier alpha value is -0.630. The summed E-state index contributed by atoms with van der Waals surface area (Å²) in [5.41, 5.74) is 0.103. The van der Waals surface area contributed by atoms with Crippen molar-refractivity contribution < 1.29 is 4.79 Å². The van der Waals surface area contributed by atoms with E-state index in [0.29, 0.717) is 18.7 Å². The number of ketones is 1. The normalized spacial score (nSPS) is 28.4. The first-order valence-electron chi connectivity index (χ1n) is 5.70. The molecule has 0 aliphatic carbocycles. The minimum Gasteiger partial charge on any atom is -0.298 e. The fourth-order valence-electron chi connectivity index (χ4n) is 2.63. The Kier molecular flexibility index (Phi) is 3.39. The summed E-state index contributed by atoms with van der Waals surface area (Å²) in [7, 11) is 0. The van der Waals surface area contributed by atoms with Crippen LogP contribution < -0.4 is 0 Å². The van der Waals surface area contributed by atoms with Gasteiger partial charge in [0.1, 0.15) is 5.78 Å². The summed E-state index contributed by atoms with van der Waals surface area (Å²) in [6.07, 6.45) is 4.64. The molecule has 0 aromatic rings. The first kappa shape index (κ1) is 12.4. The van der Waals surface area contributed by atoms with Gasteiger partial charge in [0.2, 0.25) is 0 Å². The molecule has 0 N–H and O–H groups in total. The highest BCUT2D eigenvalue weighted by molar-refractivity contribution is 5.84. The van der Waals surface area contributed by atoms with Gasteiger partial charge in [-0.1, -0.05) is 6.08 Å². The highest BCUT2D eigenvalue weighted by Crippen LogP contribution is 2.36. The van der Waals surface area contributed by atoms with Crippen molar-refractivity contribution in [1.82, 2.24) is 4.90 Å². The minimum absolute atomic E-state index is 0.0313. The van der Waals surface area contributed by atoms with Crippen LogP contribution >= 0.6 is 0 Å². The van der Waals surface area contributed by atoms with Crippen LogP contribution in [-0.4, -0.2) is 28.3 Å². The number of nitrogens with zero attached hydrogens (tertiary/aromatic N) is 1. The summed E-state index contributed by atoms with van der Waals surface area (Å²) in [5.74, 6) is 0.372. The first-order chi connectivity index (χ1) is 6.79. The molecule has 2 heteroatoms. The van der Waals surface area contributed by atoms with Crippen molar-refractivity contribution in [3.8, 4) is 0 Å². The molecule has 0 radical (unpaired) electrons. The Morgan fingerprint density at radius 1 is 1.53 bits per heavy atom. The molecule has 0 spiro atoms. The van der Waals surface area contributed by atoms with E-state index in [-0.39, 0.29) is 11.1 Å². The Morgan fingerprint density at radius 2 is 2.13 bits per heavy atom. The molecule has 0 amide bonds. The lowest BCUT2D eigenvalue weighted by Gasteiger charge is -2.43. The minimum atomic E-state index is 0.0313. The number of likely N-dealkylation sites (tertiary alicyclic amines) is 1. The Bertz CT molecular complexity index is 264. The molecule has 1 aliphatic heterocycles. The van der Waals surface area contributed by atoms with Gasteiger partial charge in [-0.05, 0) is 40.5 Å². The summed E-state index contributed by atoms with van der Waals surface area (Å²) < 4.78 is 0. The van der Waals surface area contributed by atoms with E-state index < -0.39 is 0 Å². The lowest BCUT2D eigenvalue weighted by atomic mass is 9.89. The third-order valence-corrected chi connectivity index (χ3v) is 3.26. The number of carbonyl (C=O) groups is 1. The van der Waals surface area contributed by atoms with Gasteiger partial charge < -0.3 is 0 Å². The first-order valence-corrected chi connectivity index (χ1v) is 5.70. The Balaban J connectivity index is 2.84. The Morgan fingerprint density at radius 3 is 2.60 bits per heavy atom. The number of allylic oxidation sites excluding steroid dienone is 1. The molecule has 1 unspecified atom stereocenters. The van der Waals surface area contributed by atoms with Crippen molar-refractivity contribution in [2.75, 3.05) is 6.54 Å². The van der Waals surface area contributed by atoms with Crippen molar-refractivity contribution in [1.29, 1.82) is 0 Å². The van der Waals surface area contributed by atoms with Gasteiger partial charge >= 0.3 is 0 Å². The van der Waals surface area contributed by atoms with Crippen LogP contribution in [0.5, 0.6) is 0 Å². The maximum atomic E-state index is 11.6. The van der Waals surface area contributed by atoms with Gasteiger partial charge in [-0.25, -0.2) is 0 Å². The van der Waals surface area contributed by atoms with Crippen LogP contribution in [0.1, 0.15) is 47.0 Å². The van der Waals surface area contributed by atoms with E-state index in [4.69, 9.17) is 0 Å². The lowest BCUT2D eigenvalue weighted by Crippen LogP contribution is -2.51. The van der Waals surface area contributed by atoms with Crippen LogP contribution in [0.3, 0.4) is 0 Å². The number of carbonyl (C=O) groups excluding carboxylic acids is 1. The lowest BCUT2D eigenvalue weighted by molar-refractivity contribution is -0.117. The second-order valence-corrected chi connectivity index (χ2v) is 5.80. The highest BCUT2D eigenvalue weighted by atomic mass is 16.1. The van der Waals surface area contributed by atoms with Crippen LogP contribution in [0.15, 0.2) is 12.7 Å². The van der Waals surface area contributed by atoms with Crippen molar-refractivity contribution in [3.63, 3.8) is 0 Å². The molecule has 1 aliphatic rings. The quantitative estimate of drug-likeness (QED) is 0.666. The zero-order chi connectivity index (χ0) is 11.7. The molecule has 0 aromatic carbocycles. The number of hydrogen-bond acceptors (Lipinski definition) is 2. The molecule has 0 bridgehead atoms. The van der Waals surface area contributed by atoms with E-state index in [9.17, 15) is 4.79 Å². The van der Waals surface area contributed by atoms with Gasteiger partial charge in [0, 0.05) is 17.5 Å². The van der Waals surface area contributed by atoms with Crippen LogP contribution in [0.25, 0.3) is 0 Å². The summed E-state index contributed by atoms with van der Waals surface area (Å²) in [6.45, 7) is 13.1. The van der Waals surface area contributed by atoms with E-state index in [2.05, 4.69) is 39.2 Å². The van der Waals surface area contributed by atoms with Crippen LogP contribution in [0.4, 0.5) is 0 Å². The molecule has 1 rings (SSSR count). The standard InChI is InChI=1S/C13H23NO/c1-6-7-8-13(5)9-11(15)10-14(13)12(2,3)4/h6H,1,7-10H2,2-5H3. The maximum absolute atomic E-state index is 11.6. The topological polar surface area (TPSA) is 20.3 Å². The van der Waals surface area contributed by atoms with Crippen LogP contribution in [0.2, 0.25) is 0 Å². The number of Topliss-reactive ketones (excluding diaryl/α,β-unsaturated/α-hetero) is 1. The fraction of sp³-hybridized carbons (Fsp3) is 0.769. The molecule has 0 aromatic heterocycles. The largest absolute Gasteiger partial charge is 0.298 e. The molecule has 1 fully saturated rings. The molecule has 86 valence electrons. The van der Waals surface area contributed by atoms with E-state index in [1.807, 2.05) is 6.08 Å². The van der Waals surface area contributed by atoms with Gasteiger partial charge in [0.15, 0.2) is 0 Å². The van der Waals surface area contributed by atoms with E-state index in [0.717, 1.165) is 12.8 Å². The van der Waals surface area contributed by atoms with E-state index in [1.165, 1.54) is 0 Å². The zero-order valence-electron chi connectivity index (χ0n) is 10.5. The molecule has 2 nitrogen and oxygen atoms in total. The average Bonchev–Trinajstić information content (AvgIpc) is 2.38. The van der Waals surface area contributed by atoms with Crippen LogP contribution in [0, 0.1) is 0 Å². The third kappa shape index (κ3) is 2.69. The monoisotopic (exact) mass is 209 g/mol. The van der Waals surface area contributed by atoms with Crippen molar-refractivity contribution in [2.45, 2.75) is 58.0 Å². The maximum Gasteiger partial charge on any atom is 0.148 e. The molecule has 15 heavy (non-hydrogen) atoms. The summed E-state index contributed by atoms with van der Waals surface area (Å²) in [5, 5.41) is 0. The van der Waals surface area contributed by atoms with Gasteiger partial charge in [-0.2, -0.15) is 0 Å². The summed E-state index contributed by atoms with van der Waals surface area (Å²) in [4.78, 5) is 14.0. The van der Waals surface area contributed by atoms with Crippen molar-refractivity contribution >= 4 is 5.78 Å². The van der Waals surface area contributed by atoms with E-state index >= 15 is 0 Å². The van der Waals surface area contributed by atoms with Crippen molar-refractivity contribution in [2.24, 2.45) is 0 Å².